The molecule has 2 aromatic heterocycles. The first-order valence-corrected chi connectivity index (χ1v) is 18.8. The van der Waals surface area contributed by atoms with Crippen LogP contribution in [-0.2, 0) is 0 Å². The Kier molecular flexibility index (Phi) is 7.17. The molecule has 0 aliphatic rings. The minimum absolute atomic E-state index is 0.895. The van der Waals surface area contributed by atoms with Crippen molar-refractivity contribution < 1.29 is 4.42 Å². The number of aromatic nitrogens is 1. The highest BCUT2D eigenvalue weighted by Gasteiger charge is 2.18. The zero-order chi connectivity index (χ0) is 36.3. The van der Waals surface area contributed by atoms with E-state index in [0.717, 1.165) is 61.2 Å². The van der Waals surface area contributed by atoms with E-state index in [1.807, 2.05) is 0 Å². The molecule has 0 unspecified atom stereocenters. The molecule has 0 saturated heterocycles. The summed E-state index contributed by atoms with van der Waals surface area (Å²) in [5.74, 6) is 0. The molecule has 0 aliphatic heterocycles. The van der Waals surface area contributed by atoms with Gasteiger partial charge >= 0.3 is 0 Å². The summed E-state index contributed by atoms with van der Waals surface area (Å²) in [6.07, 6.45) is 0. The Hall–Kier alpha value is -7.36. The van der Waals surface area contributed by atoms with Crippen LogP contribution in [0.15, 0.2) is 211 Å². The Morgan fingerprint density at radius 2 is 1.02 bits per heavy atom. The van der Waals surface area contributed by atoms with E-state index in [-0.39, 0.29) is 0 Å². The molecular weight excluding hydrogens is 669 g/mol. The van der Waals surface area contributed by atoms with Crippen LogP contribution in [0, 0.1) is 0 Å². The van der Waals surface area contributed by atoms with Gasteiger partial charge in [-0.2, -0.15) is 0 Å². The van der Waals surface area contributed by atoms with Gasteiger partial charge < -0.3 is 13.9 Å². The van der Waals surface area contributed by atoms with Crippen LogP contribution in [0.5, 0.6) is 0 Å². The number of furan rings is 1. The topological polar surface area (TPSA) is 21.3 Å². The van der Waals surface area contributed by atoms with Crippen molar-refractivity contribution in [2.24, 2.45) is 0 Å². The Morgan fingerprint density at radius 3 is 1.82 bits per heavy atom. The Morgan fingerprint density at radius 1 is 0.382 bits per heavy atom. The molecule has 11 rings (SSSR count). The molecule has 9 aromatic carbocycles. The summed E-state index contributed by atoms with van der Waals surface area (Å²) in [6.45, 7) is 0. The van der Waals surface area contributed by atoms with Gasteiger partial charge in [0.1, 0.15) is 11.2 Å². The van der Waals surface area contributed by atoms with Gasteiger partial charge in [0.05, 0.1) is 11.0 Å². The van der Waals surface area contributed by atoms with Crippen molar-refractivity contribution in [1.82, 2.24) is 4.57 Å². The normalized spacial score (nSPS) is 11.6. The average molecular weight is 703 g/mol. The van der Waals surface area contributed by atoms with Crippen LogP contribution < -0.4 is 4.90 Å². The molecule has 55 heavy (non-hydrogen) atoms. The molecule has 0 aliphatic carbocycles. The van der Waals surface area contributed by atoms with Gasteiger partial charge in [-0.3, -0.25) is 0 Å². The highest BCUT2D eigenvalue weighted by molar-refractivity contribution is 6.19. The first-order valence-electron chi connectivity index (χ1n) is 18.8. The fourth-order valence-corrected chi connectivity index (χ4v) is 8.46. The minimum Gasteiger partial charge on any atom is -0.455 e. The molecule has 0 N–H and O–H groups in total. The maximum atomic E-state index is 6.55. The lowest BCUT2D eigenvalue weighted by Gasteiger charge is -2.26. The number of rotatable bonds is 6. The molecule has 0 saturated carbocycles. The lowest BCUT2D eigenvalue weighted by atomic mass is 9.97. The van der Waals surface area contributed by atoms with E-state index in [1.165, 1.54) is 38.3 Å². The number of nitrogens with zero attached hydrogens (tertiary/aromatic N) is 2. The van der Waals surface area contributed by atoms with Crippen molar-refractivity contribution >= 4 is 71.6 Å². The summed E-state index contributed by atoms with van der Waals surface area (Å²) in [6, 6.07) is 73.8. The van der Waals surface area contributed by atoms with Crippen LogP contribution in [0.25, 0.3) is 82.5 Å². The van der Waals surface area contributed by atoms with E-state index < -0.39 is 0 Å². The number of fused-ring (bicyclic) bond motifs is 8. The standard InChI is InChI=1S/C52H34N2O/c1-2-16-39(17-3-1)53(41-18-11-15-38(34-41)43-23-12-26-50-51(43)47-32-29-36-13-4-5-20-44(36)52(47)55-50)40-30-27-35(28-31-40)37-14-10-19-42(33-37)54-48-24-8-6-21-45(48)46-22-7-9-25-49(46)54/h1-34H. The van der Waals surface area contributed by atoms with E-state index in [9.17, 15) is 0 Å². The zero-order valence-electron chi connectivity index (χ0n) is 29.9. The van der Waals surface area contributed by atoms with Crippen molar-refractivity contribution in [1.29, 1.82) is 0 Å². The number of para-hydroxylation sites is 3. The Labute approximate surface area is 318 Å². The number of hydrogen-bond acceptors (Lipinski definition) is 2. The van der Waals surface area contributed by atoms with Crippen molar-refractivity contribution in [3.63, 3.8) is 0 Å². The molecule has 0 amide bonds. The van der Waals surface area contributed by atoms with E-state index in [2.05, 4.69) is 216 Å². The van der Waals surface area contributed by atoms with Crippen LogP contribution in [0.4, 0.5) is 17.1 Å². The predicted molar refractivity (Wildman–Crippen MR) is 231 cm³/mol. The smallest absolute Gasteiger partial charge is 0.143 e. The highest BCUT2D eigenvalue weighted by Crippen LogP contribution is 2.42. The number of benzene rings is 9. The monoisotopic (exact) mass is 702 g/mol. The summed E-state index contributed by atoms with van der Waals surface area (Å²) in [7, 11) is 0. The first-order chi connectivity index (χ1) is 27.3. The molecule has 0 atom stereocenters. The Balaban J connectivity index is 0.995. The van der Waals surface area contributed by atoms with Crippen LogP contribution in [0.3, 0.4) is 0 Å². The van der Waals surface area contributed by atoms with Gasteiger partial charge in [-0.05, 0) is 100 Å². The van der Waals surface area contributed by atoms with Crippen molar-refractivity contribution in [3.05, 3.63) is 206 Å². The molecule has 258 valence electrons. The van der Waals surface area contributed by atoms with Gasteiger partial charge in [0.25, 0.3) is 0 Å². The van der Waals surface area contributed by atoms with Crippen LogP contribution in [0.1, 0.15) is 0 Å². The Bertz CT molecular complexity index is 3150. The van der Waals surface area contributed by atoms with Crippen LogP contribution in [0.2, 0.25) is 0 Å². The van der Waals surface area contributed by atoms with Gasteiger partial charge in [-0.1, -0.05) is 133 Å². The average Bonchev–Trinajstić information content (AvgIpc) is 3.81. The van der Waals surface area contributed by atoms with Gasteiger partial charge in [0.2, 0.25) is 0 Å². The van der Waals surface area contributed by atoms with E-state index >= 15 is 0 Å². The van der Waals surface area contributed by atoms with E-state index in [0.29, 0.717) is 0 Å². The minimum atomic E-state index is 0.895. The van der Waals surface area contributed by atoms with Gasteiger partial charge in [-0.15, -0.1) is 0 Å². The molecule has 0 spiro atoms. The lowest BCUT2D eigenvalue weighted by molar-refractivity contribution is 0.673. The van der Waals surface area contributed by atoms with Gasteiger partial charge in [0.15, 0.2) is 0 Å². The SMILES string of the molecule is c1ccc(N(c2ccc(-c3cccc(-n4c5ccccc5c5ccccc54)c3)cc2)c2cccc(-c3cccc4oc5c6ccccc6ccc5c34)c2)cc1. The van der Waals surface area contributed by atoms with Crippen LogP contribution in [-0.4, -0.2) is 4.57 Å². The maximum Gasteiger partial charge on any atom is 0.143 e. The molecule has 2 heterocycles. The third kappa shape index (κ3) is 5.13. The molecule has 3 nitrogen and oxygen atoms in total. The third-order valence-corrected chi connectivity index (χ3v) is 11.0. The third-order valence-electron chi connectivity index (χ3n) is 11.0. The second-order valence-corrected chi connectivity index (χ2v) is 14.1. The quantitative estimate of drug-likeness (QED) is 0.172. The van der Waals surface area contributed by atoms with Gasteiger partial charge in [0, 0.05) is 49.7 Å². The summed E-state index contributed by atoms with van der Waals surface area (Å²) in [5.41, 5.74) is 13.3. The fraction of sp³-hybridized carbons (Fsp3) is 0. The van der Waals surface area contributed by atoms with E-state index in [4.69, 9.17) is 4.42 Å². The summed E-state index contributed by atoms with van der Waals surface area (Å²) < 4.78 is 8.92. The first kappa shape index (κ1) is 31.2. The molecule has 3 heteroatoms. The van der Waals surface area contributed by atoms with E-state index in [1.54, 1.807) is 0 Å². The second-order valence-electron chi connectivity index (χ2n) is 14.1. The maximum absolute atomic E-state index is 6.55. The lowest BCUT2D eigenvalue weighted by Crippen LogP contribution is -2.09. The summed E-state index contributed by atoms with van der Waals surface area (Å²) >= 11 is 0. The number of anilines is 3. The summed E-state index contributed by atoms with van der Waals surface area (Å²) in [5, 5.41) is 7.11. The molecular formula is C52H34N2O. The fourth-order valence-electron chi connectivity index (χ4n) is 8.46. The second kappa shape index (κ2) is 12.6. The highest BCUT2D eigenvalue weighted by atomic mass is 16.3. The molecule has 11 aromatic rings. The summed E-state index contributed by atoms with van der Waals surface area (Å²) in [4.78, 5) is 2.34. The molecule has 0 radical (unpaired) electrons. The number of hydrogen-bond donors (Lipinski definition) is 0. The van der Waals surface area contributed by atoms with Crippen molar-refractivity contribution in [2.45, 2.75) is 0 Å². The molecule has 0 fully saturated rings. The van der Waals surface area contributed by atoms with Crippen LogP contribution >= 0.6 is 0 Å². The molecule has 0 bridgehead atoms. The zero-order valence-corrected chi connectivity index (χ0v) is 29.9. The largest absolute Gasteiger partial charge is 0.455 e. The van der Waals surface area contributed by atoms with Crippen molar-refractivity contribution in [2.75, 3.05) is 4.90 Å². The predicted octanol–water partition coefficient (Wildman–Crippen LogP) is 14.6. The van der Waals surface area contributed by atoms with Crippen molar-refractivity contribution in [3.8, 4) is 27.9 Å². The van der Waals surface area contributed by atoms with Gasteiger partial charge in [-0.25, -0.2) is 0 Å².